The van der Waals surface area contributed by atoms with Crippen molar-refractivity contribution >= 4 is 17.5 Å². The number of pyridine rings is 1. The van der Waals surface area contributed by atoms with Gasteiger partial charge in [0.15, 0.2) is 0 Å². The van der Waals surface area contributed by atoms with Gasteiger partial charge in [0.25, 0.3) is 0 Å². The maximum Gasteiger partial charge on any atom is 0.409 e. The van der Waals surface area contributed by atoms with Gasteiger partial charge in [-0.1, -0.05) is 0 Å². The number of nitrogens with one attached hydrogen (secondary N) is 1. The van der Waals surface area contributed by atoms with Crippen LogP contribution in [0.25, 0.3) is 0 Å². The van der Waals surface area contributed by atoms with E-state index >= 15 is 0 Å². The highest BCUT2D eigenvalue weighted by Gasteiger charge is 2.47. The van der Waals surface area contributed by atoms with Crippen LogP contribution in [0.1, 0.15) is 58.7 Å². The quantitative estimate of drug-likeness (QED) is 0.741. The number of carbonyl (C=O) groups excluding carboxylic acids is 1. The highest BCUT2D eigenvalue weighted by Crippen LogP contribution is 2.44. The zero-order chi connectivity index (χ0) is 21.2. The first-order valence-corrected chi connectivity index (χ1v) is 11.2. The van der Waals surface area contributed by atoms with Crippen LogP contribution in [0.15, 0.2) is 12.1 Å². The van der Waals surface area contributed by atoms with E-state index in [4.69, 9.17) is 14.2 Å². The van der Waals surface area contributed by atoms with Crippen molar-refractivity contribution in [3.05, 3.63) is 17.8 Å². The van der Waals surface area contributed by atoms with Crippen LogP contribution in [0.5, 0.6) is 11.6 Å². The molecular weight excluding hydrogens is 394 g/mol. The summed E-state index contributed by atoms with van der Waals surface area (Å²) in [6, 6.07) is 3.39. The fourth-order valence-electron chi connectivity index (χ4n) is 3.66. The average Bonchev–Trinajstić information content (AvgIpc) is 2.67. The number of likely N-dealkylation sites (tertiary alicyclic amines) is 1. The molecule has 0 aromatic carbocycles. The number of piperidine rings is 1. The summed E-state index contributed by atoms with van der Waals surface area (Å²) < 4.78 is 32.5. The number of amides is 1. The minimum Gasteiger partial charge on any atom is -0.598 e. The predicted octanol–water partition coefficient (Wildman–Crippen LogP) is 2.96. The molecule has 29 heavy (non-hydrogen) atoms. The molecule has 2 aliphatic heterocycles. The second-order valence-electron chi connectivity index (χ2n) is 8.46. The summed E-state index contributed by atoms with van der Waals surface area (Å²) >= 11 is -1.26. The van der Waals surface area contributed by atoms with Crippen molar-refractivity contribution in [3.63, 3.8) is 0 Å². The fourth-order valence-corrected chi connectivity index (χ4v) is 4.46. The molecule has 1 saturated heterocycles. The Hall–Kier alpha value is -1.71. The molecule has 3 heterocycles. The molecule has 0 radical (unpaired) electrons. The molecule has 0 saturated carbocycles. The Bertz CT molecular complexity index is 731. The molecule has 1 amide bonds. The highest BCUT2D eigenvalue weighted by atomic mass is 32.2. The van der Waals surface area contributed by atoms with Crippen molar-refractivity contribution < 1.29 is 23.6 Å². The van der Waals surface area contributed by atoms with Crippen molar-refractivity contribution in [2.75, 3.05) is 26.8 Å². The summed E-state index contributed by atoms with van der Waals surface area (Å²) in [4.78, 5) is 18.3. The lowest BCUT2D eigenvalue weighted by Crippen LogP contribution is -2.54. The van der Waals surface area contributed by atoms with Gasteiger partial charge < -0.3 is 23.7 Å². The Labute approximate surface area is 175 Å². The SMILES string of the molecule is CCOC(=O)N1CCC2(CC1)C[C@H](N[S+]([O-])C(C)(C)C)c1nc(OC)ccc1O2. The van der Waals surface area contributed by atoms with Crippen LogP contribution in [0, 0.1) is 0 Å². The van der Waals surface area contributed by atoms with Crippen LogP contribution in [-0.4, -0.2) is 57.7 Å². The molecule has 2 aliphatic rings. The van der Waals surface area contributed by atoms with E-state index < -0.39 is 21.7 Å². The van der Waals surface area contributed by atoms with Crippen molar-refractivity contribution in [2.45, 2.75) is 63.3 Å². The second kappa shape index (κ2) is 8.57. The molecule has 9 heteroatoms. The molecule has 3 rings (SSSR count). The first-order chi connectivity index (χ1) is 13.7. The van der Waals surface area contributed by atoms with Crippen molar-refractivity contribution in [1.29, 1.82) is 0 Å². The number of fused-ring (bicyclic) bond motifs is 1. The van der Waals surface area contributed by atoms with Gasteiger partial charge in [-0.15, -0.1) is 4.72 Å². The monoisotopic (exact) mass is 425 g/mol. The van der Waals surface area contributed by atoms with Gasteiger partial charge in [-0.3, -0.25) is 0 Å². The number of hydrogen-bond donors (Lipinski definition) is 1. The van der Waals surface area contributed by atoms with E-state index in [-0.39, 0.29) is 12.1 Å². The maximum absolute atomic E-state index is 12.8. The van der Waals surface area contributed by atoms with Gasteiger partial charge >= 0.3 is 6.09 Å². The summed E-state index contributed by atoms with van der Waals surface area (Å²) in [5.41, 5.74) is 0.270. The number of ether oxygens (including phenoxy) is 3. The van der Waals surface area contributed by atoms with Crippen LogP contribution in [0.3, 0.4) is 0 Å². The molecule has 1 aromatic heterocycles. The van der Waals surface area contributed by atoms with E-state index in [1.165, 1.54) is 0 Å². The lowest BCUT2D eigenvalue weighted by atomic mass is 9.82. The minimum atomic E-state index is -1.26. The lowest BCUT2D eigenvalue weighted by molar-refractivity contribution is -0.0232. The Morgan fingerprint density at radius 1 is 1.41 bits per heavy atom. The van der Waals surface area contributed by atoms with Crippen LogP contribution in [0.2, 0.25) is 0 Å². The van der Waals surface area contributed by atoms with Gasteiger partial charge in [0, 0.05) is 49.8 Å². The van der Waals surface area contributed by atoms with Crippen molar-refractivity contribution in [2.24, 2.45) is 0 Å². The fraction of sp³-hybridized carbons (Fsp3) is 0.700. The van der Waals surface area contributed by atoms with Crippen LogP contribution < -0.4 is 14.2 Å². The van der Waals surface area contributed by atoms with Gasteiger partial charge in [0.05, 0.1) is 13.7 Å². The second-order valence-corrected chi connectivity index (χ2v) is 10.5. The number of aromatic nitrogens is 1. The number of rotatable bonds is 4. The summed E-state index contributed by atoms with van der Waals surface area (Å²) in [5, 5.41) is 0. The zero-order valence-corrected chi connectivity index (χ0v) is 18.6. The summed E-state index contributed by atoms with van der Waals surface area (Å²) in [7, 11) is 1.57. The third-order valence-corrected chi connectivity index (χ3v) is 6.92. The number of methoxy groups -OCH3 is 1. The first kappa shape index (κ1) is 22.0. The number of nitrogens with zero attached hydrogens (tertiary/aromatic N) is 2. The maximum atomic E-state index is 12.8. The van der Waals surface area contributed by atoms with E-state index in [0.29, 0.717) is 56.3 Å². The van der Waals surface area contributed by atoms with E-state index in [1.54, 1.807) is 25.0 Å². The molecule has 1 spiro atoms. The average molecular weight is 426 g/mol. The largest absolute Gasteiger partial charge is 0.598 e. The summed E-state index contributed by atoms with van der Waals surface area (Å²) in [5.74, 6) is 1.17. The van der Waals surface area contributed by atoms with Gasteiger partial charge in [-0.05, 0) is 33.8 Å². The first-order valence-electron chi connectivity index (χ1n) is 10.0. The van der Waals surface area contributed by atoms with Crippen molar-refractivity contribution in [1.82, 2.24) is 14.6 Å². The van der Waals surface area contributed by atoms with E-state index in [1.807, 2.05) is 26.8 Å². The summed E-state index contributed by atoms with van der Waals surface area (Å²) in [6.45, 7) is 9.09. The minimum absolute atomic E-state index is 0.233. The number of carbonyl (C=O) groups is 1. The third kappa shape index (κ3) is 4.90. The van der Waals surface area contributed by atoms with Crippen LogP contribution >= 0.6 is 0 Å². The third-order valence-electron chi connectivity index (χ3n) is 5.31. The molecule has 0 aliphatic carbocycles. The molecule has 1 unspecified atom stereocenters. The standard InChI is InChI=1S/C20H31N3O5S/c1-6-27-18(24)23-11-9-20(10-12-23)13-14(22-29(25)19(2,3)4)17-15(28-20)7-8-16(21-17)26-5/h7-8,14,22H,6,9-13H2,1-5H3/t14-,29?/m0/s1. The Kier molecular flexibility index (Phi) is 6.50. The Morgan fingerprint density at radius 3 is 2.69 bits per heavy atom. The van der Waals surface area contributed by atoms with Gasteiger partial charge in [0.2, 0.25) is 5.88 Å². The Morgan fingerprint density at radius 2 is 2.10 bits per heavy atom. The molecule has 2 atom stereocenters. The van der Waals surface area contributed by atoms with Crippen LogP contribution in [-0.2, 0) is 16.1 Å². The molecule has 1 aromatic rings. The molecule has 8 nitrogen and oxygen atoms in total. The molecule has 1 N–H and O–H groups in total. The van der Waals surface area contributed by atoms with E-state index in [0.717, 1.165) is 0 Å². The van der Waals surface area contributed by atoms with E-state index in [9.17, 15) is 9.35 Å². The van der Waals surface area contributed by atoms with Gasteiger partial charge in [-0.2, -0.15) is 0 Å². The highest BCUT2D eigenvalue weighted by molar-refractivity contribution is 7.90. The van der Waals surface area contributed by atoms with Gasteiger partial charge in [0.1, 0.15) is 27.8 Å². The molecular formula is C20H31N3O5S. The molecule has 1 fully saturated rings. The summed E-state index contributed by atoms with van der Waals surface area (Å²) in [6.07, 6.45) is 1.70. The predicted molar refractivity (Wildman–Crippen MR) is 110 cm³/mol. The van der Waals surface area contributed by atoms with E-state index in [2.05, 4.69) is 9.71 Å². The van der Waals surface area contributed by atoms with Crippen molar-refractivity contribution in [3.8, 4) is 11.6 Å². The lowest BCUT2D eigenvalue weighted by Gasteiger charge is -2.46. The topological polar surface area (TPSA) is 96.0 Å². The normalized spacial score (nSPS) is 21.9. The van der Waals surface area contributed by atoms with Crippen LogP contribution in [0.4, 0.5) is 4.79 Å². The smallest absolute Gasteiger partial charge is 0.409 e. The number of hydrogen-bond acceptors (Lipinski definition) is 7. The molecule has 162 valence electrons. The molecule has 0 bridgehead atoms. The Balaban J connectivity index is 1.82. The zero-order valence-electron chi connectivity index (χ0n) is 17.8. The van der Waals surface area contributed by atoms with Gasteiger partial charge in [-0.25, -0.2) is 9.78 Å².